The number of hydrogen-bond acceptors (Lipinski definition) is 4. The van der Waals surface area contributed by atoms with Crippen molar-refractivity contribution >= 4 is 34.1 Å². The highest BCUT2D eigenvalue weighted by atomic mass is 32.2. The van der Waals surface area contributed by atoms with Gasteiger partial charge in [0, 0.05) is 23.2 Å². The molecule has 0 unspecified atom stereocenters. The first-order valence-electron chi connectivity index (χ1n) is 8.12. The molecule has 0 aliphatic carbocycles. The van der Waals surface area contributed by atoms with E-state index in [1.807, 2.05) is 78.3 Å². The SMILES string of the molecule is Cn1cnnc1Sc1ccc(NC(=O)c2cccc3ccccc23)cc1. The molecular formula is C20H16N4OS. The second kappa shape index (κ2) is 7.01. The summed E-state index contributed by atoms with van der Waals surface area (Å²) in [6.45, 7) is 0. The van der Waals surface area contributed by atoms with Crippen molar-refractivity contribution < 1.29 is 4.79 Å². The lowest BCUT2D eigenvalue weighted by Gasteiger charge is -2.09. The van der Waals surface area contributed by atoms with Crippen LogP contribution in [0.25, 0.3) is 10.8 Å². The van der Waals surface area contributed by atoms with Crippen molar-refractivity contribution in [2.75, 3.05) is 5.32 Å². The third-order valence-corrected chi connectivity index (χ3v) is 5.09. The maximum atomic E-state index is 12.7. The molecule has 3 aromatic carbocycles. The molecule has 1 N–H and O–H groups in total. The number of nitrogens with one attached hydrogen (secondary N) is 1. The standard InChI is InChI=1S/C20H16N4OS/c1-24-13-21-23-20(24)26-16-11-9-15(10-12-16)22-19(25)18-8-4-6-14-5-2-3-7-17(14)18/h2-13H,1H3,(H,22,25). The number of anilines is 1. The number of carbonyl (C=O) groups excluding carboxylic acids is 1. The van der Waals surface area contributed by atoms with E-state index in [-0.39, 0.29) is 5.91 Å². The lowest BCUT2D eigenvalue weighted by Crippen LogP contribution is -2.12. The Labute approximate surface area is 155 Å². The van der Waals surface area contributed by atoms with E-state index in [9.17, 15) is 4.79 Å². The highest BCUT2D eigenvalue weighted by Crippen LogP contribution is 2.27. The van der Waals surface area contributed by atoms with Gasteiger partial charge in [0.05, 0.1) is 0 Å². The van der Waals surface area contributed by atoms with Gasteiger partial charge in [-0.15, -0.1) is 10.2 Å². The van der Waals surface area contributed by atoms with Crippen molar-refractivity contribution in [3.8, 4) is 0 Å². The zero-order chi connectivity index (χ0) is 17.9. The van der Waals surface area contributed by atoms with Gasteiger partial charge >= 0.3 is 0 Å². The number of fused-ring (bicyclic) bond motifs is 1. The summed E-state index contributed by atoms with van der Waals surface area (Å²) < 4.78 is 1.86. The molecule has 128 valence electrons. The van der Waals surface area contributed by atoms with Gasteiger partial charge in [0.1, 0.15) is 6.33 Å². The normalized spacial score (nSPS) is 10.8. The highest BCUT2D eigenvalue weighted by molar-refractivity contribution is 7.99. The molecule has 0 saturated carbocycles. The van der Waals surface area contributed by atoms with Gasteiger partial charge in [-0.1, -0.05) is 36.4 Å². The summed E-state index contributed by atoms with van der Waals surface area (Å²) in [4.78, 5) is 13.7. The van der Waals surface area contributed by atoms with E-state index in [2.05, 4.69) is 15.5 Å². The van der Waals surface area contributed by atoms with Crippen molar-refractivity contribution in [2.45, 2.75) is 10.1 Å². The van der Waals surface area contributed by atoms with Crippen LogP contribution in [-0.4, -0.2) is 20.7 Å². The minimum Gasteiger partial charge on any atom is -0.322 e. The van der Waals surface area contributed by atoms with Crippen molar-refractivity contribution in [3.63, 3.8) is 0 Å². The van der Waals surface area contributed by atoms with Crippen molar-refractivity contribution in [3.05, 3.63) is 78.6 Å². The molecule has 26 heavy (non-hydrogen) atoms. The fourth-order valence-electron chi connectivity index (χ4n) is 2.70. The molecule has 6 heteroatoms. The average molecular weight is 360 g/mol. The molecule has 0 atom stereocenters. The smallest absolute Gasteiger partial charge is 0.256 e. The number of nitrogens with zero attached hydrogens (tertiary/aromatic N) is 3. The summed E-state index contributed by atoms with van der Waals surface area (Å²) in [5.41, 5.74) is 1.42. The summed E-state index contributed by atoms with van der Waals surface area (Å²) in [6.07, 6.45) is 1.67. The van der Waals surface area contributed by atoms with Gasteiger partial charge < -0.3 is 9.88 Å². The predicted molar refractivity (Wildman–Crippen MR) is 103 cm³/mol. The molecule has 4 aromatic rings. The number of amides is 1. The Hall–Kier alpha value is -3.12. The van der Waals surface area contributed by atoms with Gasteiger partial charge in [-0.3, -0.25) is 4.79 Å². The monoisotopic (exact) mass is 360 g/mol. The van der Waals surface area contributed by atoms with Crippen molar-refractivity contribution in [1.29, 1.82) is 0 Å². The van der Waals surface area contributed by atoms with Crippen LogP contribution in [0.3, 0.4) is 0 Å². The molecule has 0 aliphatic rings. The minimum atomic E-state index is -0.115. The first kappa shape index (κ1) is 16.4. The van der Waals surface area contributed by atoms with E-state index in [0.717, 1.165) is 26.5 Å². The number of hydrogen-bond donors (Lipinski definition) is 1. The molecule has 5 nitrogen and oxygen atoms in total. The number of aromatic nitrogens is 3. The van der Waals surface area contributed by atoms with E-state index in [0.29, 0.717) is 5.56 Å². The molecule has 0 bridgehead atoms. The number of benzene rings is 3. The molecule has 1 heterocycles. The maximum Gasteiger partial charge on any atom is 0.256 e. The van der Waals surface area contributed by atoms with Gasteiger partial charge in [0.2, 0.25) is 0 Å². The Morgan fingerprint density at radius 1 is 1.00 bits per heavy atom. The summed E-state index contributed by atoms with van der Waals surface area (Å²) >= 11 is 1.52. The largest absolute Gasteiger partial charge is 0.322 e. The Balaban J connectivity index is 1.52. The van der Waals surface area contributed by atoms with E-state index in [4.69, 9.17) is 0 Å². The van der Waals surface area contributed by atoms with E-state index in [1.54, 1.807) is 6.33 Å². The van der Waals surface area contributed by atoms with Crippen LogP contribution in [0.2, 0.25) is 0 Å². The second-order valence-corrected chi connectivity index (χ2v) is 6.87. The molecule has 0 fully saturated rings. The molecule has 1 aromatic heterocycles. The third-order valence-electron chi connectivity index (χ3n) is 4.03. The Bertz CT molecular complexity index is 1070. The highest BCUT2D eigenvalue weighted by Gasteiger charge is 2.10. The zero-order valence-corrected chi connectivity index (χ0v) is 14.9. The Morgan fingerprint density at radius 3 is 2.54 bits per heavy atom. The summed E-state index contributed by atoms with van der Waals surface area (Å²) in [6, 6.07) is 21.3. The number of rotatable bonds is 4. The topological polar surface area (TPSA) is 59.8 Å². The van der Waals surface area contributed by atoms with Crippen LogP contribution in [-0.2, 0) is 7.05 Å². The van der Waals surface area contributed by atoms with E-state index < -0.39 is 0 Å². The van der Waals surface area contributed by atoms with Gasteiger partial charge in [0.25, 0.3) is 5.91 Å². The van der Waals surface area contributed by atoms with Crippen LogP contribution in [0.1, 0.15) is 10.4 Å². The van der Waals surface area contributed by atoms with Crippen LogP contribution in [0.4, 0.5) is 5.69 Å². The quantitative estimate of drug-likeness (QED) is 0.587. The minimum absolute atomic E-state index is 0.115. The van der Waals surface area contributed by atoms with E-state index in [1.165, 1.54) is 11.8 Å². The summed E-state index contributed by atoms with van der Waals surface area (Å²) in [5, 5.41) is 13.7. The molecule has 0 radical (unpaired) electrons. The van der Waals surface area contributed by atoms with Crippen LogP contribution in [0.5, 0.6) is 0 Å². The molecule has 0 saturated heterocycles. The first-order chi connectivity index (χ1) is 12.7. The second-order valence-electron chi connectivity index (χ2n) is 5.83. The summed E-state index contributed by atoms with van der Waals surface area (Å²) in [5.74, 6) is -0.115. The molecule has 1 amide bonds. The maximum absolute atomic E-state index is 12.7. The van der Waals surface area contributed by atoms with Gasteiger partial charge in [-0.25, -0.2) is 0 Å². The first-order valence-corrected chi connectivity index (χ1v) is 8.93. The molecule has 4 rings (SSSR count). The van der Waals surface area contributed by atoms with Crippen LogP contribution >= 0.6 is 11.8 Å². The number of aryl methyl sites for hydroxylation is 1. The number of carbonyl (C=O) groups is 1. The Morgan fingerprint density at radius 2 is 1.77 bits per heavy atom. The third kappa shape index (κ3) is 3.32. The fourth-order valence-corrected chi connectivity index (χ4v) is 3.46. The average Bonchev–Trinajstić information content (AvgIpc) is 3.07. The Kier molecular flexibility index (Phi) is 4.41. The van der Waals surface area contributed by atoms with Crippen LogP contribution in [0, 0.1) is 0 Å². The van der Waals surface area contributed by atoms with Gasteiger partial charge in [-0.05, 0) is 52.9 Å². The van der Waals surface area contributed by atoms with Crippen molar-refractivity contribution in [2.24, 2.45) is 7.05 Å². The molecular weight excluding hydrogens is 344 g/mol. The van der Waals surface area contributed by atoms with E-state index >= 15 is 0 Å². The molecule has 0 aliphatic heterocycles. The fraction of sp³-hybridized carbons (Fsp3) is 0.0500. The lowest BCUT2D eigenvalue weighted by molar-refractivity contribution is 0.102. The summed E-state index contributed by atoms with van der Waals surface area (Å²) in [7, 11) is 1.90. The van der Waals surface area contributed by atoms with Gasteiger partial charge in [-0.2, -0.15) is 0 Å². The lowest BCUT2D eigenvalue weighted by atomic mass is 10.0. The van der Waals surface area contributed by atoms with Crippen LogP contribution < -0.4 is 5.32 Å². The van der Waals surface area contributed by atoms with Crippen molar-refractivity contribution in [1.82, 2.24) is 14.8 Å². The van der Waals surface area contributed by atoms with Crippen LogP contribution in [0.15, 0.2) is 83.1 Å². The zero-order valence-electron chi connectivity index (χ0n) is 14.1. The van der Waals surface area contributed by atoms with Gasteiger partial charge in [0.15, 0.2) is 5.16 Å². The molecule has 0 spiro atoms. The predicted octanol–water partition coefficient (Wildman–Crippen LogP) is 4.37.